The number of likely N-dealkylation sites (tertiary alicyclic amines) is 1. The molecule has 2 rings (SSSR count). The fraction of sp³-hybridized carbons (Fsp3) is 0.533. The van der Waals surface area contributed by atoms with Crippen LogP contribution >= 0.6 is 0 Å². The van der Waals surface area contributed by atoms with Gasteiger partial charge in [-0.05, 0) is 38.3 Å². The van der Waals surface area contributed by atoms with Gasteiger partial charge in [-0.3, -0.25) is 4.79 Å². The van der Waals surface area contributed by atoms with E-state index in [1.54, 1.807) is 0 Å². The Kier molecular flexibility index (Phi) is 3.44. The summed E-state index contributed by atoms with van der Waals surface area (Å²) in [4.78, 5) is 14.2. The Bertz CT molecular complexity index is 454. The average Bonchev–Trinajstić information content (AvgIpc) is 2.55. The Morgan fingerprint density at radius 2 is 2.11 bits per heavy atom. The highest BCUT2D eigenvalue weighted by atomic mass is 16.3. The number of carbonyl (C=O) groups excluding carboxylic acids is 1. The summed E-state index contributed by atoms with van der Waals surface area (Å²) in [6.07, 6.45) is 0.691. The summed E-state index contributed by atoms with van der Waals surface area (Å²) in [5, 5.41) is 9.71. The minimum Gasteiger partial charge on any atom is -0.391 e. The molecule has 1 heterocycles. The molecule has 0 radical (unpaired) electrons. The van der Waals surface area contributed by atoms with Crippen LogP contribution in [0.15, 0.2) is 24.3 Å². The molecule has 98 valence electrons. The van der Waals surface area contributed by atoms with Crippen LogP contribution in [0, 0.1) is 6.92 Å². The molecule has 1 aromatic rings. The van der Waals surface area contributed by atoms with Crippen molar-refractivity contribution in [3.05, 3.63) is 35.4 Å². The van der Waals surface area contributed by atoms with Crippen LogP contribution in [0.3, 0.4) is 0 Å². The second-order valence-electron chi connectivity index (χ2n) is 5.78. The summed E-state index contributed by atoms with van der Waals surface area (Å²) >= 11 is 0. The Morgan fingerprint density at radius 1 is 1.44 bits per heavy atom. The molecule has 1 aliphatic rings. The number of aryl methyl sites for hydroxylation is 1. The quantitative estimate of drug-likeness (QED) is 0.867. The molecule has 3 nitrogen and oxygen atoms in total. The lowest BCUT2D eigenvalue weighted by Crippen LogP contribution is -2.43. The summed E-state index contributed by atoms with van der Waals surface area (Å²) in [5.41, 5.74) is 1.97. The first-order valence-electron chi connectivity index (χ1n) is 6.43. The summed E-state index contributed by atoms with van der Waals surface area (Å²) in [6.45, 7) is 6.50. The zero-order valence-electron chi connectivity index (χ0n) is 11.3. The minimum absolute atomic E-state index is 0.103. The third kappa shape index (κ3) is 2.56. The molecule has 0 spiro atoms. The molecule has 1 aromatic carbocycles. The second kappa shape index (κ2) is 4.73. The fourth-order valence-corrected chi connectivity index (χ4v) is 2.72. The van der Waals surface area contributed by atoms with E-state index < -0.39 is 0 Å². The monoisotopic (exact) mass is 247 g/mol. The van der Waals surface area contributed by atoms with Gasteiger partial charge in [0, 0.05) is 12.1 Å². The molecular formula is C15H21NO2. The molecule has 1 amide bonds. The summed E-state index contributed by atoms with van der Waals surface area (Å²) in [6, 6.07) is 7.95. The van der Waals surface area contributed by atoms with E-state index in [0.29, 0.717) is 19.4 Å². The van der Waals surface area contributed by atoms with Crippen molar-refractivity contribution in [2.24, 2.45) is 0 Å². The van der Waals surface area contributed by atoms with Gasteiger partial charge in [0.05, 0.1) is 12.5 Å². The molecular weight excluding hydrogens is 226 g/mol. The number of rotatable bonds is 2. The maximum absolute atomic E-state index is 12.3. The molecule has 1 aliphatic heterocycles. The van der Waals surface area contributed by atoms with E-state index >= 15 is 0 Å². The number of aliphatic hydroxyl groups is 1. The van der Waals surface area contributed by atoms with E-state index in [2.05, 4.69) is 0 Å². The van der Waals surface area contributed by atoms with Crippen LogP contribution < -0.4 is 0 Å². The van der Waals surface area contributed by atoms with E-state index in [4.69, 9.17) is 0 Å². The van der Waals surface area contributed by atoms with Crippen molar-refractivity contribution in [3.63, 3.8) is 0 Å². The third-order valence-electron chi connectivity index (χ3n) is 3.76. The zero-order chi connectivity index (χ0) is 13.3. The number of benzene rings is 1. The van der Waals surface area contributed by atoms with Crippen LogP contribution in [-0.2, 0) is 11.2 Å². The number of nitrogens with zero attached hydrogens (tertiary/aromatic N) is 1. The molecule has 1 atom stereocenters. The smallest absolute Gasteiger partial charge is 0.227 e. The van der Waals surface area contributed by atoms with Crippen LogP contribution in [0.5, 0.6) is 0 Å². The minimum atomic E-state index is -0.388. The van der Waals surface area contributed by atoms with Crippen LogP contribution in [0.1, 0.15) is 31.4 Å². The maximum atomic E-state index is 12.3. The Labute approximate surface area is 108 Å². The Balaban J connectivity index is 2.12. The highest BCUT2D eigenvalue weighted by Crippen LogP contribution is 2.29. The molecule has 0 bridgehead atoms. The topological polar surface area (TPSA) is 40.5 Å². The summed E-state index contributed by atoms with van der Waals surface area (Å²) in [7, 11) is 0. The molecule has 1 unspecified atom stereocenters. The molecule has 0 saturated carbocycles. The zero-order valence-corrected chi connectivity index (χ0v) is 11.3. The van der Waals surface area contributed by atoms with Crippen molar-refractivity contribution in [2.75, 3.05) is 6.54 Å². The number of β-amino-alcohol motifs (C(OH)–C–C–N with tert-alkyl or cyclic N) is 1. The largest absolute Gasteiger partial charge is 0.391 e. The number of amides is 1. The second-order valence-corrected chi connectivity index (χ2v) is 5.78. The summed E-state index contributed by atoms with van der Waals surface area (Å²) < 4.78 is 0. The predicted molar refractivity (Wildman–Crippen MR) is 71.3 cm³/mol. The van der Waals surface area contributed by atoms with E-state index in [0.717, 1.165) is 11.1 Å². The Hall–Kier alpha value is -1.35. The van der Waals surface area contributed by atoms with Gasteiger partial charge >= 0.3 is 0 Å². The lowest BCUT2D eigenvalue weighted by molar-refractivity contribution is -0.133. The Morgan fingerprint density at radius 3 is 2.67 bits per heavy atom. The normalized spacial score (nSPS) is 22.2. The van der Waals surface area contributed by atoms with Crippen molar-refractivity contribution >= 4 is 5.91 Å². The van der Waals surface area contributed by atoms with E-state index in [9.17, 15) is 9.90 Å². The van der Waals surface area contributed by atoms with Gasteiger partial charge in [0.1, 0.15) is 0 Å². The van der Waals surface area contributed by atoms with Crippen molar-refractivity contribution in [1.82, 2.24) is 4.90 Å². The number of hydrogen-bond acceptors (Lipinski definition) is 2. The van der Waals surface area contributed by atoms with Gasteiger partial charge in [-0.2, -0.15) is 0 Å². The number of hydrogen-bond donors (Lipinski definition) is 1. The molecule has 3 heteroatoms. The molecule has 1 saturated heterocycles. The van der Waals surface area contributed by atoms with Gasteiger partial charge in [0.15, 0.2) is 0 Å². The lowest BCUT2D eigenvalue weighted by atomic mass is 10.00. The van der Waals surface area contributed by atoms with Crippen molar-refractivity contribution < 1.29 is 9.90 Å². The maximum Gasteiger partial charge on any atom is 0.227 e. The lowest BCUT2D eigenvalue weighted by Gasteiger charge is -2.31. The first-order valence-corrected chi connectivity index (χ1v) is 6.43. The fourth-order valence-electron chi connectivity index (χ4n) is 2.72. The van der Waals surface area contributed by atoms with Gasteiger partial charge < -0.3 is 10.0 Å². The van der Waals surface area contributed by atoms with Gasteiger partial charge in [-0.25, -0.2) is 0 Å². The highest BCUT2D eigenvalue weighted by molar-refractivity contribution is 5.80. The van der Waals surface area contributed by atoms with Gasteiger partial charge in [-0.1, -0.05) is 24.3 Å². The average molecular weight is 247 g/mol. The molecule has 0 aliphatic carbocycles. The SMILES string of the molecule is Cc1ccccc1CC(=O)N1CC(O)CC1(C)C. The van der Waals surface area contributed by atoms with E-state index in [1.807, 2.05) is 49.9 Å². The molecule has 1 N–H and O–H groups in total. The van der Waals surface area contributed by atoms with Crippen molar-refractivity contribution in [3.8, 4) is 0 Å². The van der Waals surface area contributed by atoms with Crippen LogP contribution in [0.25, 0.3) is 0 Å². The summed E-state index contributed by atoms with van der Waals surface area (Å²) in [5.74, 6) is 0.103. The van der Waals surface area contributed by atoms with Crippen LogP contribution in [0.2, 0.25) is 0 Å². The van der Waals surface area contributed by atoms with E-state index in [1.165, 1.54) is 0 Å². The number of carbonyl (C=O) groups is 1. The molecule has 18 heavy (non-hydrogen) atoms. The van der Waals surface area contributed by atoms with Gasteiger partial charge in [0.25, 0.3) is 0 Å². The van der Waals surface area contributed by atoms with Crippen molar-refractivity contribution in [2.45, 2.75) is 45.3 Å². The molecule has 0 aromatic heterocycles. The standard InChI is InChI=1S/C15H21NO2/c1-11-6-4-5-7-12(11)8-14(18)16-10-13(17)9-15(16,2)3/h4-7,13,17H,8-10H2,1-3H3. The first kappa shape index (κ1) is 13.1. The van der Waals surface area contributed by atoms with Crippen molar-refractivity contribution in [1.29, 1.82) is 0 Å². The van der Waals surface area contributed by atoms with Crippen LogP contribution in [0.4, 0.5) is 0 Å². The van der Waals surface area contributed by atoms with E-state index in [-0.39, 0.29) is 17.6 Å². The predicted octanol–water partition coefficient (Wildman–Crippen LogP) is 1.91. The third-order valence-corrected chi connectivity index (χ3v) is 3.76. The van der Waals surface area contributed by atoms with Crippen LogP contribution in [-0.4, -0.2) is 34.1 Å². The molecule has 1 fully saturated rings. The van der Waals surface area contributed by atoms with Gasteiger partial charge in [-0.15, -0.1) is 0 Å². The highest BCUT2D eigenvalue weighted by Gasteiger charge is 2.40. The number of aliphatic hydroxyl groups excluding tert-OH is 1. The first-order chi connectivity index (χ1) is 8.40. The van der Waals surface area contributed by atoms with Gasteiger partial charge in [0.2, 0.25) is 5.91 Å².